The van der Waals surface area contributed by atoms with Gasteiger partial charge in [0.1, 0.15) is 0 Å². The summed E-state index contributed by atoms with van der Waals surface area (Å²) < 4.78 is 23.5. The molecule has 1 aliphatic heterocycles. The fraction of sp³-hybridized carbons (Fsp3) is 1.00. The molecule has 0 aromatic carbocycles. The van der Waals surface area contributed by atoms with E-state index in [0.29, 0.717) is 17.4 Å². The molecule has 1 aliphatic rings. The summed E-state index contributed by atoms with van der Waals surface area (Å²) in [5.74, 6) is 1.10. The lowest BCUT2D eigenvalue weighted by molar-refractivity contribution is 0.226. The highest BCUT2D eigenvalue weighted by atomic mass is 79.9. The van der Waals surface area contributed by atoms with Gasteiger partial charge >= 0.3 is 0 Å². The molecular formula is C16H30Br2O2S. The normalized spacial score (nSPS) is 21.8. The van der Waals surface area contributed by atoms with Gasteiger partial charge in [0.25, 0.3) is 0 Å². The van der Waals surface area contributed by atoms with E-state index in [2.05, 4.69) is 38.8 Å². The Morgan fingerprint density at radius 2 is 1.57 bits per heavy atom. The zero-order chi connectivity index (χ0) is 15.8. The molecule has 126 valence electrons. The van der Waals surface area contributed by atoms with Crippen LogP contribution in [0.2, 0.25) is 0 Å². The van der Waals surface area contributed by atoms with Crippen molar-refractivity contribution in [1.82, 2.24) is 0 Å². The largest absolute Gasteiger partial charge is 0.229 e. The first-order valence-corrected chi connectivity index (χ1v) is 12.4. The van der Waals surface area contributed by atoms with Gasteiger partial charge in [-0.05, 0) is 24.2 Å². The van der Waals surface area contributed by atoms with Gasteiger partial charge in [0.15, 0.2) is 9.84 Å². The number of hydrogen-bond donors (Lipinski definition) is 0. The van der Waals surface area contributed by atoms with Crippen molar-refractivity contribution in [2.24, 2.45) is 11.3 Å². The van der Waals surface area contributed by atoms with Gasteiger partial charge in [0.2, 0.25) is 0 Å². The third-order valence-electron chi connectivity index (χ3n) is 4.91. The van der Waals surface area contributed by atoms with Gasteiger partial charge < -0.3 is 0 Å². The lowest BCUT2D eigenvalue weighted by Crippen LogP contribution is -2.35. The van der Waals surface area contributed by atoms with Crippen LogP contribution in [-0.4, -0.2) is 30.6 Å². The second-order valence-corrected chi connectivity index (χ2v) is 9.95. The van der Waals surface area contributed by atoms with Crippen molar-refractivity contribution in [1.29, 1.82) is 0 Å². The molecule has 0 radical (unpaired) electrons. The Labute approximate surface area is 148 Å². The highest BCUT2D eigenvalue weighted by Crippen LogP contribution is 2.43. The first-order chi connectivity index (χ1) is 9.99. The minimum atomic E-state index is -2.79. The maximum absolute atomic E-state index is 11.8. The predicted molar refractivity (Wildman–Crippen MR) is 99.4 cm³/mol. The lowest BCUT2D eigenvalue weighted by atomic mass is 9.74. The lowest BCUT2D eigenvalue weighted by Gasteiger charge is -2.36. The Morgan fingerprint density at radius 3 is 2.05 bits per heavy atom. The fourth-order valence-corrected chi connectivity index (χ4v) is 7.65. The summed E-state index contributed by atoms with van der Waals surface area (Å²) >= 11 is 7.32. The molecule has 5 heteroatoms. The summed E-state index contributed by atoms with van der Waals surface area (Å²) in [4.78, 5) is 0. The topological polar surface area (TPSA) is 34.1 Å². The van der Waals surface area contributed by atoms with Crippen molar-refractivity contribution in [3.05, 3.63) is 0 Å². The quantitative estimate of drug-likeness (QED) is 0.317. The van der Waals surface area contributed by atoms with Crippen molar-refractivity contribution in [3.8, 4) is 0 Å². The Hall–Kier alpha value is 0.910. The molecule has 21 heavy (non-hydrogen) atoms. The molecule has 1 atom stereocenters. The van der Waals surface area contributed by atoms with Gasteiger partial charge in [-0.1, -0.05) is 83.7 Å². The molecular weight excluding hydrogens is 416 g/mol. The van der Waals surface area contributed by atoms with E-state index in [4.69, 9.17) is 0 Å². The third-order valence-corrected chi connectivity index (χ3v) is 8.91. The Bertz CT molecular complexity index is 378. The summed E-state index contributed by atoms with van der Waals surface area (Å²) in [5, 5.41) is 1.81. The van der Waals surface area contributed by atoms with E-state index < -0.39 is 9.84 Å². The zero-order valence-electron chi connectivity index (χ0n) is 13.3. The average Bonchev–Trinajstić information content (AvgIpc) is 2.83. The molecule has 1 saturated heterocycles. The number of hydrogen-bond acceptors (Lipinski definition) is 2. The maximum Gasteiger partial charge on any atom is 0.150 e. The highest BCUT2D eigenvalue weighted by molar-refractivity contribution is 9.09. The fourth-order valence-electron chi connectivity index (χ4n) is 3.30. The van der Waals surface area contributed by atoms with Gasteiger partial charge in [-0.15, -0.1) is 0 Å². The van der Waals surface area contributed by atoms with Crippen molar-refractivity contribution in [2.75, 3.05) is 22.2 Å². The van der Waals surface area contributed by atoms with Crippen LogP contribution in [0.25, 0.3) is 0 Å². The first-order valence-electron chi connectivity index (χ1n) is 8.32. The zero-order valence-corrected chi connectivity index (χ0v) is 17.2. The van der Waals surface area contributed by atoms with E-state index in [9.17, 15) is 8.42 Å². The number of alkyl halides is 2. The van der Waals surface area contributed by atoms with Crippen molar-refractivity contribution >= 4 is 41.7 Å². The van der Waals surface area contributed by atoms with Crippen molar-refractivity contribution in [2.45, 2.75) is 64.7 Å². The van der Waals surface area contributed by atoms with Gasteiger partial charge in [0, 0.05) is 10.7 Å². The van der Waals surface area contributed by atoms with Crippen molar-refractivity contribution in [3.63, 3.8) is 0 Å². The van der Waals surface area contributed by atoms with Crippen LogP contribution in [0.5, 0.6) is 0 Å². The summed E-state index contributed by atoms with van der Waals surface area (Å²) in [6, 6.07) is 0. The van der Waals surface area contributed by atoms with Gasteiger partial charge in [0.05, 0.1) is 11.5 Å². The van der Waals surface area contributed by atoms with Crippen LogP contribution in [-0.2, 0) is 9.84 Å². The van der Waals surface area contributed by atoms with E-state index in [1.807, 2.05) is 0 Å². The summed E-state index contributed by atoms with van der Waals surface area (Å²) in [5.41, 5.74) is 0.118. The minimum absolute atomic E-state index is 0.118. The molecule has 0 spiro atoms. The molecule has 0 aliphatic carbocycles. The standard InChI is InChI=1S/C16H30Br2O2S/c1-2-3-4-5-6-7-8-10-16(13-17,14-18)15-9-11-21(19,20)12-15/h15H,2-14H2,1H3. The smallest absolute Gasteiger partial charge is 0.150 e. The molecule has 1 fully saturated rings. The highest BCUT2D eigenvalue weighted by Gasteiger charge is 2.42. The average molecular weight is 446 g/mol. The van der Waals surface area contributed by atoms with Gasteiger partial charge in [-0.25, -0.2) is 8.42 Å². The molecule has 0 bridgehead atoms. The molecule has 0 aromatic rings. The number of halogens is 2. The van der Waals surface area contributed by atoms with E-state index in [1.54, 1.807) is 0 Å². The number of sulfone groups is 1. The van der Waals surface area contributed by atoms with E-state index in [1.165, 1.54) is 44.9 Å². The number of unbranched alkanes of at least 4 members (excludes halogenated alkanes) is 6. The third kappa shape index (κ3) is 6.50. The van der Waals surface area contributed by atoms with Crippen LogP contribution in [0.15, 0.2) is 0 Å². The van der Waals surface area contributed by atoms with Gasteiger partial charge in [-0.2, -0.15) is 0 Å². The van der Waals surface area contributed by atoms with E-state index in [0.717, 1.165) is 23.5 Å². The Balaban J connectivity index is 2.39. The van der Waals surface area contributed by atoms with E-state index >= 15 is 0 Å². The van der Waals surface area contributed by atoms with Gasteiger partial charge in [-0.3, -0.25) is 0 Å². The Morgan fingerprint density at radius 1 is 1.00 bits per heavy atom. The SMILES string of the molecule is CCCCCCCCCC(CBr)(CBr)C1CCS(=O)(=O)C1. The second-order valence-electron chi connectivity index (χ2n) is 6.60. The van der Waals surface area contributed by atoms with Crippen LogP contribution in [0.1, 0.15) is 64.7 Å². The first kappa shape index (κ1) is 20.0. The molecule has 0 amide bonds. The predicted octanol–water partition coefficient (Wildman–Crippen LogP) is 5.34. The molecule has 0 saturated carbocycles. The molecule has 1 rings (SSSR count). The monoisotopic (exact) mass is 444 g/mol. The summed E-state index contributed by atoms with van der Waals surface area (Å²) in [7, 11) is -2.79. The summed E-state index contributed by atoms with van der Waals surface area (Å²) in [6.07, 6.45) is 11.2. The Kier molecular flexibility index (Phi) is 9.42. The minimum Gasteiger partial charge on any atom is -0.229 e. The molecule has 2 nitrogen and oxygen atoms in total. The molecule has 0 aromatic heterocycles. The number of rotatable bonds is 11. The van der Waals surface area contributed by atoms with E-state index in [-0.39, 0.29) is 5.41 Å². The van der Waals surface area contributed by atoms with Crippen LogP contribution in [0.3, 0.4) is 0 Å². The molecule has 0 N–H and O–H groups in total. The summed E-state index contributed by atoms with van der Waals surface area (Å²) in [6.45, 7) is 2.25. The van der Waals surface area contributed by atoms with Crippen LogP contribution >= 0.6 is 31.9 Å². The maximum atomic E-state index is 11.8. The van der Waals surface area contributed by atoms with Crippen molar-refractivity contribution < 1.29 is 8.42 Å². The molecule has 1 unspecified atom stereocenters. The van der Waals surface area contributed by atoms with Crippen LogP contribution in [0, 0.1) is 11.3 Å². The van der Waals surface area contributed by atoms with Crippen LogP contribution in [0.4, 0.5) is 0 Å². The van der Waals surface area contributed by atoms with Crippen LogP contribution < -0.4 is 0 Å². The molecule has 1 heterocycles. The second kappa shape index (κ2) is 9.92.